The summed E-state index contributed by atoms with van der Waals surface area (Å²) in [5.74, 6) is 1.12. The number of nitrogens with zero attached hydrogens (tertiary/aromatic N) is 1. The van der Waals surface area contributed by atoms with Crippen LogP contribution in [0, 0.1) is 11.3 Å². The third-order valence-electron chi connectivity index (χ3n) is 4.71. The number of nitrogens with one attached hydrogen (secondary N) is 1. The molecule has 1 saturated heterocycles. The fourth-order valence-corrected chi connectivity index (χ4v) is 3.31. The van der Waals surface area contributed by atoms with Gasteiger partial charge in [-0.2, -0.15) is 0 Å². The quantitative estimate of drug-likeness (QED) is 0.758. The second-order valence-corrected chi connectivity index (χ2v) is 5.93. The van der Waals surface area contributed by atoms with Gasteiger partial charge in [0.1, 0.15) is 0 Å². The molecule has 1 N–H and O–H groups in total. The second-order valence-electron chi connectivity index (χ2n) is 5.93. The molecule has 0 aromatic heterocycles. The first kappa shape index (κ1) is 10.1. The summed E-state index contributed by atoms with van der Waals surface area (Å²) in [7, 11) is 0. The van der Waals surface area contributed by atoms with Gasteiger partial charge in [0.25, 0.3) is 0 Å². The van der Waals surface area contributed by atoms with E-state index in [0.29, 0.717) is 0 Å². The van der Waals surface area contributed by atoms with Crippen molar-refractivity contribution in [1.82, 2.24) is 10.2 Å². The van der Waals surface area contributed by atoms with Gasteiger partial charge < -0.3 is 5.32 Å². The molecule has 2 heteroatoms. The molecule has 1 heterocycles. The molecule has 2 nitrogen and oxygen atoms in total. The van der Waals surface area contributed by atoms with Crippen molar-refractivity contribution in [3.8, 4) is 0 Å². The lowest BCUT2D eigenvalue weighted by Gasteiger charge is -2.35. The summed E-state index contributed by atoms with van der Waals surface area (Å²) < 4.78 is 0. The van der Waals surface area contributed by atoms with Gasteiger partial charge in [0.2, 0.25) is 0 Å². The SMILES string of the molecule is CCC1CN(CC2(C3CC3)CC2)CCN1. The Labute approximate surface area is 93.4 Å². The summed E-state index contributed by atoms with van der Waals surface area (Å²) in [5.41, 5.74) is 0.801. The molecule has 0 aromatic rings. The first-order chi connectivity index (χ1) is 7.32. The van der Waals surface area contributed by atoms with Gasteiger partial charge in [-0.25, -0.2) is 0 Å². The highest BCUT2D eigenvalue weighted by Crippen LogP contribution is 2.61. The van der Waals surface area contributed by atoms with Gasteiger partial charge in [-0.05, 0) is 43.4 Å². The molecule has 15 heavy (non-hydrogen) atoms. The Morgan fingerprint density at radius 2 is 2.13 bits per heavy atom. The van der Waals surface area contributed by atoms with Crippen molar-refractivity contribution >= 4 is 0 Å². The molecule has 2 aliphatic carbocycles. The minimum atomic E-state index is 0.758. The van der Waals surface area contributed by atoms with Gasteiger partial charge in [0.05, 0.1) is 0 Å². The molecule has 3 aliphatic rings. The van der Waals surface area contributed by atoms with Crippen LogP contribution in [0.2, 0.25) is 0 Å². The van der Waals surface area contributed by atoms with Gasteiger partial charge >= 0.3 is 0 Å². The Kier molecular flexibility index (Phi) is 2.52. The van der Waals surface area contributed by atoms with Crippen molar-refractivity contribution < 1.29 is 0 Å². The summed E-state index contributed by atoms with van der Waals surface area (Å²) >= 11 is 0. The summed E-state index contributed by atoms with van der Waals surface area (Å²) in [6.07, 6.45) is 7.40. The zero-order valence-corrected chi connectivity index (χ0v) is 9.97. The fraction of sp³-hybridized carbons (Fsp3) is 1.00. The van der Waals surface area contributed by atoms with Crippen LogP contribution in [0.15, 0.2) is 0 Å². The molecule has 2 saturated carbocycles. The number of piperazine rings is 1. The van der Waals surface area contributed by atoms with Gasteiger partial charge in [0.15, 0.2) is 0 Å². The maximum atomic E-state index is 3.61. The molecule has 0 aromatic carbocycles. The number of hydrogen-bond donors (Lipinski definition) is 1. The van der Waals surface area contributed by atoms with Crippen LogP contribution in [-0.2, 0) is 0 Å². The van der Waals surface area contributed by atoms with Crippen LogP contribution < -0.4 is 5.32 Å². The smallest absolute Gasteiger partial charge is 0.0192 e. The monoisotopic (exact) mass is 208 g/mol. The highest BCUT2D eigenvalue weighted by Gasteiger charge is 2.54. The Morgan fingerprint density at radius 1 is 1.33 bits per heavy atom. The Balaban J connectivity index is 1.54. The molecule has 3 rings (SSSR count). The Hall–Kier alpha value is -0.0800. The molecule has 0 bridgehead atoms. The van der Waals surface area contributed by atoms with Crippen molar-refractivity contribution in [1.29, 1.82) is 0 Å². The normalized spacial score (nSPS) is 35.4. The van der Waals surface area contributed by atoms with E-state index in [0.717, 1.165) is 17.4 Å². The minimum absolute atomic E-state index is 0.758. The molecule has 0 spiro atoms. The topological polar surface area (TPSA) is 15.3 Å². The van der Waals surface area contributed by atoms with E-state index in [1.165, 1.54) is 58.3 Å². The van der Waals surface area contributed by atoms with Crippen molar-refractivity contribution in [3.63, 3.8) is 0 Å². The zero-order chi connectivity index (χ0) is 10.3. The lowest BCUT2D eigenvalue weighted by molar-refractivity contribution is 0.154. The van der Waals surface area contributed by atoms with Crippen molar-refractivity contribution in [2.75, 3.05) is 26.2 Å². The maximum absolute atomic E-state index is 3.61. The van der Waals surface area contributed by atoms with Gasteiger partial charge in [0, 0.05) is 32.2 Å². The molecule has 86 valence electrons. The lowest BCUT2D eigenvalue weighted by Crippen LogP contribution is -2.51. The van der Waals surface area contributed by atoms with E-state index in [4.69, 9.17) is 0 Å². The fourth-order valence-electron chi connectivity index (χ4n) is 3.31. The molecular formula is C13H24N2. The van der Waals surface area contributed by atoms with Crippen LogP contribution >= 0.6 is 0 Å². The highest BCUT2D eigenvalue weighted by atomic mass is 15.2. The predicted molar refractivity (Wildman–Crippen MR) is 62.9 cm³/mol. The molecule has 0 amide bonds. The number of hydrogen-bond acceptors (Lipinski definition) is 2. The first-order valence-corrected chi connectivity index (χ1v) is 6.78. The second kappa shape index (κ2) is 3.74. The Bertz CT molecular complexity index is 231. The maximum Gasteiger partial charge on any atom is 0.0192 e. The van der Waals surface area contributed by atoms with E-state index in [1.54, 1.807) is 0 Å². The summed E-state index contributed by atoms with van der Waals surface area (Å²) in [6.45, 7) is 7.50. The van der Waals surface area contributed by atoms with Crippen LogP contribution in [-0.4, -0.2) is 37.1 Å². The first-order valence-electron chi connectivity index (χ1n) is 6.78. The Morgan fingerprint density at radius 3 is 2.73 bits per heavy atom. The average molecular weight is 208 g/mol. The van der Waals surface area contributed by atoms with Crippen LogP contribution in [0.1, 0.15) is 39.0 Å². The van der Waals surface area contributed by atoms with Crippen molar-refractivity contribution in [2.24, 2.45) is 11.3 Å². The van der Waals surface area contributed by atoms with Gasteiger partial charge in [-0.3, -0.25) is 4.90 Å². The average Bonchev–Trinajstić information content (AvgIpc) is 3.11. The third-order valence-corrected chi connectivity index (χ3v) is 4.71. The van der Waals surface area contributed by atoms with E-state index >= 15 is 0 Å². The summed E-state index contributed by atoms with van der Waals surface area (Å²) in [5, 5.41) is 3.61. The zero-order valence-electron chi connectivity index (χ0n) is 9.97. The van der Waals surface area contributed by atoms with E-state index in [1.807, 2.05) is 0 Å². The van der Waals surface area contributed by atoms with Gasteiger partial charge in [-0.15, -0.1) is 0 Å². The van der Waals surface area contributed by atoms with E-state index in [-0.39, 0.29) is 0 Å². The van der Waals surface area contributed by atoms with E-state index in [9.17, 15) is 0 Å². The van der Waals surface area contributed by atoms with Crippen molar-refractivity contribution in [2.45, 2.75) is 45.1 Å². The molecule has 0 radical (unpaired) electrons. The molecule has 1 unspecified atom stereocenters. The molecular weight excluding hydrogens is 184 g/mol. The molecule has 1 atom stereocenters. The lowest BCUT2D eigenvalue weighted by atomic mass is 9.99. The summed E-state index contributed by atoms with van der Waals surface area (Å²) in [4.78, 5) is 2.73. The highest BCUT2D eigenvalue weighted by molar-refractivity contribution is 5.05. The molecule has 1 aliphatic heterocycles. The predicted octanol–water partition coefficient (Wildman–Crippen LogP) is 1.86. The third kappa shape index (κ3) is 2.07. The standard InChI is InChI=1S/C13H24N2/c1-2-12-9-15(8-7-14-12)10-13(5-6-13)11-3-4-11/h11-12,14H,2-10H2,1H3. The molecule has 3 fully saturated rings. The van der Waals surface area contributed by atoms with Crippen LogP contribution in [0.4, 0.5) is 0 Å². The van der Waals surface area contributed by atoms with E-state index in [2.05, 4.69) is 17.1 Å². The van der Waals surface area contributed by atoms with Crippen LogP contribution in [0.3, 0.4) is 0 Å². The van der Waals surface area contributed by atoms with Crippen molar-refractivity contribution in [3.05, 3.63) is 0 Å². The summed E-state index contributed by atoms with van der Waals surface area (Å²) in [6, 6.07) is 0.758. The van der Waals surface area contributed by atoms with Crippen LogP contribution in [0.25, 0.3) is 0 Å². The largest absolute Gasteiger partial charge is 0.311 e. The minimum Gasteiger partial charge on any atom is -0.311 e. The number of rotatable bonds is 4. The van der Waals surface area contributed by atoms with Gasteiger partial charge in [-0.1, -0.05) is 6.92 Å². The van der Waals surface area contributed by atoms with E-state index < -0.39 is 0 Å². The van der Waals surface area contributed by atoms with Crippen LogP contribution in [0.5, 0.6) is 0 Å².